The highest BCUT2D eigenvalue weighted by Gasteiger charge is 2.14. The maximum atomic E-state index is 12.2. The Morgan fingerprint density at radius 3 is 2.50 bits per heavy atom. The third kappa shape index (κ3) is 5.86. The van der Waals surface area contributed by atoms with Crippen molar-refractivity contribution in [3.63, 3.8) is 0 Å². The predicted octanol–water partition coefficient (Wildman–Crippen LogP) is 3.94. The van der Waals surface area contributed by atoms with Gasteiger partial charge in [-0.1, -0.05) is 60.3 Å². The first-order chi connectivity index (χ1) is 14.6. The summed E-state index contributed by atoms with van der Waals surface area (Å²) < 4.78 is 8.01. The van der Waals surface area contributed by atoms with Gasteiger partial charge < -0.3 is 14.6 Å². The zero-order valence-electron chi connectivity index (χ0n) is 17.7. The normalized spacial score (nSPS) is 10.8. The van der Waals surface area contributed by atoms with Crippen LogP contribution >= 0.6 is 11.8 Å². The van der Waals surface area contributed by atoms with Crippen LogP contribution in [0.2, 0.25) is 0 Å². The number of benzene rings is 2. The summed E-state index contributed by atoms with van der Waals surface area (Å²) in [6.07, 6.45) is 0.822. The lowest BCUT2D eigenvalue weighted by Crippen LogP contribution is -2.27. The maximum Gasteiger partial charge on any atom is 0.230 e. The number of hydrogen-bond donors (Lipinski definition) is 1. The molecule has 7 heteroatoms. The molecule has 0 saturated carbocycles. The Balaban J connectivity index is 1.50. The highest BCUT2D eigenvalue weighted by atomic mass is 32.2. The fraction of sp³-hybridized carbons (Fsp3) is 0.348. The summed E-state index contributed by atoms with van der Waals surface area (Å²) in [6.45, 7) is 7.79. The number of rotatable bonds is 10. The molecule has 0 aliphatic heterocycles. The van der Waals surface area contributed by atoms with E-state index in [4.69, 9.17) is 4.74 Å². The molecule has 6 nitrogen and oxygen atoms in total. The number of carbonyl (C=O) groups is 1. The first-order valence-electron chi connectivity index (χ1n) is 10.1. The molecule has 0 aliphatic rings. The molecule has 0 bridgehead atoms. The van der Waals surface area contributed by atoms with Crippen LogP contribution in [0.5, 0.6) is 5.75 Å². The number of aryl methyl sites for hydroxylation is 2. The standard InChI is InChI=1S/C23H28N4O2S/c1-4-27-20(15-29-22-17(2)9-8-10-18(22)3)25-26-23(27)30-16-21(28)24-14-13-19-11-6-5-7-12-19/h5-12H,4,13-16H2,1-3H3,(H,24,28). The van der Waals surface area contributed by atoms with E-state index in [0.717, 1.165) is 40.8 Å². The average Bonchev–Trinajstić information content (AvgIpc) is 3.14. The van der Waals surface area contributed by atoms with Gasteiger partial charge in [0.15, 0.2) is 11.0 Å². The van der Waals surface area contributed by atoms with Gasteiger partial charge in [0.2, 0.25) is 5.91 Å². The first kappa shape index (κ1) is 21.9. The molecule has 1 amide bonds. The van der Waals surface area contributed by atoms with E-state index in [1.54, 1.807) is 0 Å². The molecule has 1 N–H and O–H groups in total. The van der Waals surface area contributed by atoms with Crippen molar-refractivity contribution >= 4 is 17.7 Å². The summed E-state index contributed by atoms with van der Waals surface area (Å²) >= 11 is 1.40. The number of para-hydroxylation sites is 1. The van der Waals surface area contributed by atoms with Gasteiger partial charge in [0.1, 0.15) is 12.4 Å². The van der Waals surface area contributed by atoms with Crippen LogP contribution in [0, 0.1) is 13.8 Å². The van der Waals surface area contributed by atoms with Gasteiger partial charge in [-0.05, 0) is 43.9 Å². The summed E-state index contributed by atoms with van der Waals surface area (Å²) in [5.74, 6) is 1.95. The lowest BCUT2D eigenvalue weighted by Gasteiger charge is -2.12. The van der Waals surface area contributed by atoms with E-state index in [1.807, 2.05) is 61.7 Å². The predicted molar refractivity (Wildman–Crippen MR) is 120 cm³/mol. The van der Waals surface area contributed by atoms with Crippen LogP contribution in [-0.2, 0) is 24.4 Å². The minimum Gasteiger partial charge on any atom is -0.485 e. The zero-order chi connectivity index (χ0) is 21.3. The highest BCUT2D eigenvalue weighted by Crippen LogP contribution is 2.24. The quantitative estimate of drug-likeness (QED) is 0.499. The molecule has 0 saturated heterocycles. The van der Waals surface area contributed by atoms with Crippen molar-refractivity contribution in [2.24, 2.45) is 0 Å². The van der Waals surface area contributed by atoms with Crippen LogP contribution in [0.25, 0.3) is 0 Å². The molecule has 0 atom stereocenters. The molecule has 30 heavy (non-hydrogen) atoms. The minimum atomic E-state index is -0.00470. The van der Waals surface area contributed by atoms with Crippen molar-refractivity contribution in [1.29, 1.82) is 0 Å². The van der Waals surface area contributed by atoms with Crippen LogP contribution < -0.4 is 10.1 Å². The van der Waals surface area contributed by atoms with Crippen molar-refractivity contribution in [3.05, 3.63) is 71.0 Å². The van der Waals surface area contributed by atoms with Gasteiger partial charge in [0, 0.05) is 13.1 Å². The Hall–Kier alpha value is -2.80. The molecule has 1 aromatic heterocycles. The summed E-state index contributed by atoms with van der Waals surface area (Å²) in [5.41, 5.74) is 3.41. The molecule has 158 valence electrons. The number of thioether (sulfide) groups is 1. The molecule has 3 aromatic rings. The third-order valence-corrected chi connectivity index (χ3v) is 5.74. The van der Waals surface area contributed by atoms with Gasteiger partial charge >= 0.3 is 0 Å². The minimum absolute atomic E-state index is 0.00470. The van der Waals surface area contributed by atoms with Crippen molar-refractivity contribution < 1.29 is 9.53 Å². The van der Waals surface area contributed by atoms with Crippen LogP contribution in [0.4, 0.5) is 0 Å². The number of carbonyl (C=O) groups excluding carboxylic acids is 1. The van der Waals surface area contributed by atoms with Gasteiger partial charge in [-0.15, -0.1) is 10.2 Å². The molecule has 1 heterocycles. The van der Waals surface area contributed by atoms with E-state index < -0.39 is 0 Å². The monoisotopic (exact) mass is 424 g/mol. The van der Waals surface area contributed by atoms with E-state index in [0.29, 0.717) is 18.9 Å². The van der Waals surface area contributed by atoms with Crippen molar-refractivity contribution in [2.45, 2.75) is 45.5 Å². The Labute approximate surface area is 182 Å². The van der Waals surface area contributed by atoms with Gasteiger partial charge in [-0.3, -0.25) is 4.79 Å². The number of nitrogens with zero attached hydrogens (tertiary/aromatic N) is 3. The first-order valence-corrected chi connectivity index (χ1v) is 11.1. The van der Waals surface area contributed by atoms with E-state index in [9.17, 15) is 4.79 Å². The number of hydrogen-bond acceptors (Lipinski definition) is 5. The van der Waals surface area contributed by atoms with Gasteiger partial charge in [-0.25, -0.2) is 0 Å². The number of ether oxygens (including phenoxy) is 1. The summed E-state index contributed by atoms with van der Waals surface area (Å²) in [4.78, 5) is 12.2. The second kappa shape index (κ2) is 10.8. The largest absolute Gasteiger partial charge is 0.485 e. The Kier molecular flexibility index (Phi) is 7.90. The van der Waals surface area contributed by atoms with Crippen LogP contribution in [0.15, 0.2) is 53.7 Å². The van der Waals surface area contributed by atoms with Crippen LogP contribution in [0.3, 0.4) is 0 Å². The topological polar surface area (TPSA) is 69.0 Å². The second-order valence-corrected chi connectivity index (χ2v) is 7.97. The Morgan fingerprint density at radius 1 is 1.07 bits per heavy atom. The molecular weight excluding hydrogens is 396 g/mol. The van der Waals surface area contributed by atoms with Gasteiger partial charge in [0.05, 0.1) is 5.75 Å². The van der Waals surface area contributed by atoms with E-state index in [2.05, 4.69) is 27.6 Å². The molecule has 2 aromatic carbocycles. The number of nitrogens with one attached hydrogen (secondary N) is 1. The molecule has 0 radical (unpaired) electrons. The van der Waals surface area contributed by atoms with Crippen LogP contribution in [0.1, 0.15) is 29.4 Å². The number of amides is 1. The fourth-order valence-corrected chi connectivity index (χ4v) is 4.04. The highest BCUT2D eigenvalue weighted by molar-refractivity contribution is 7.99. The Bertz CT molecular complexity index is 952. The van der Waals surface area contributed by atoms with E-state index >= 15 is 0 Å². The summed E-state index contributed by atoms with van der Waals surface area (Å²) in [5, 5.41) is 12.2. The smallest absolute Gasteiger partial charge is 0.230 e. The molecule has 0 spiro atoms. The summed E-state index contributed by atoms with van der Waals surface area (Å²) in [7, 11) is 0. The number of aromatic nitrogens is 3. The van der Waals surface area contributed by atoms with Gasteiger partial charge in [0.25, 0.3) is 0 Å². The van der Waals surface area contributed by atoms with Crippen molar-refractivity contribution in [1.82, 2.24) is 20.1 Å². The molecule has 3 rings (SSSR count). The second-order valence-electron chi connectivity index (χ2n) is 7.03. The lowest BCUT2D eigenvalue weighted by atomic mass is 10.1. The van der Waals surface area contributed by atoms with Gasteiger partial charge in [-0.2, -0.15) is 0 Å². The third-order valence-electron chi connectivity index (χ3n) is 4.78. The lowest BCUT2D eigenvalue weighted by molar-refractivity contribution is -0.118. The fourth-order valence-electron chi connectivity index (χ4n) is 3.19. The van der Waals surface area contributed by atoms with Crippen LogP contribution in [-0.4, -0.2) is 33.0 Å². The van der Waals surface area contributed by atoms with E-state index in [1.165, 1.54) is 17.3 Å². The van der Waals surface area contributed by atoms with Crippen molar-refractivity contribution in [3.8, 4) is 5.75 Å². The SMILES string of the molecule is CCn1c(COc2c(C)cccc2C)nnc1SCC(=O)NCCc1ccccc1. The maximum absolute atomic E-state index is 12.2. The molecule has 0 fully saturated rings. The average molecular weight is 425 g/mol. The molecule has 0 aliphatic carbocycles. The molecular formula is C23H28N4O2S. The zero-order valence-corrected chi connectivity index (χ0v) is 18.5. The molecule has 0 unspecified atom stereocenters. The Morgan fingerprint density at radius 2 is 1.80 bits per heavy atom. The summed E-state index contributed by atoms with van der Waals surface area (Å²) in [6, 6.07) is 16.2. The van der Waals surface area contributed by atoms with E-state index in [-0.39, 0.29) is 5.91 Å². The van der Waals surface area contributed by atoms with Crippen molar-refractivity contribution in [2.75, 3.05) is 12.3 Å².